The topological polar surface area (TPSA) is 61.6 Å². The number of anilines is 1. The van der Waals surface area contributed by atoms with Gasteiger partial charge in [0, 0.05) is 38.3 Å². The van der Waals surface area contributed by atoms with E-state index >= 15 is 0 Å². The third-order valence-electron chi connectivity index (χ3n) is 3.30. The highest BCUT2D eigenvalue weighted by Crippen LogP contribution is 2.37. The molecule has 0 saturated carbocycles. The molecule has 6 nitrogen and oxygen atoms in total. The van der Waals surface area contributed by atoms with Crippen molar-refractivity contribution in [3.63, 3.8) is 0 Å². The standard InChI is InChI=1S/C12H15F3N4O2/c1-17-4-6-18(7-5-17)16-11-3-2-9(19(20)21)8-10(11)12(13,14)15/h2-3,8,16H,4-7H2,1H3. The van der Waals surface area contributed by atoms with Gasteiger partial charge in [-0.05, 0) is 13.1 Å². The van der Waals surface area contributed by atoms with Crippen LogP contribution in [0.4, 0.5) is 24.5 Å². The summed E-state index contributed by atoms with van der Waals surface area (Å²) in [6.45, 7) is 2.62. The summed E-state index contributed by atoms with van der Waals surface area (Å²) in [4.78, 5) is 11.8. The van der Waals surface area contributed by atoms with Gasteiger partial charge >= 0.3 is 6.18 Å². The Hall–Kier alpha value is -1.87. The Morgan fingerprint density at radius 3 is 2.38 bits per heavy atom. The Bertz CT molecular complexity index is 528. The van der Waals surface area contributed by atoms with Crippen molar-refractivity contribution in [1.29, 1.82) is 0 Å². The lowest BCUT2D eigenvalue weighted by atomic mass is 10.1. The number of nitrogens with one attached hydrogen (secondary N) is 1. The van der Waals surface area contributed by atoms with Crippen molar-refractivity contribution in [2.24, 2.45) is 0 Å². The molecule has 0 radical (unpaired) electrons. The average Bonchev–Trinajstić information content (AvgIpc) is 2.40. The molecule has 1 heterocycles. The molecular weight excluding hydrogens is 289 g/mol. The fraction of sp³-hybridized carbons (Fsp3) is 0.500. The first-order chi connectivity index (χ1) is 9.77. The lowest BCUT2D eigenvalue weighted by Crippen LogP contribution is -2.47. The number of nitro groups is 1. The summed E-state index contributed by atoms with van der Waals surface area (Å²) in [5.41, 5.74) is 0.929. The largest absolute Gasteiger partial charge is 0.418 e. The first-order valence-electron chi connectivity index (χ1n) is 6.33. The summed E-state index contributed by atoms with van der Waals surface area (Å²) in [5, 5.41) is 12.3. The molecule has 0 aromatic heterocycles. The molecule has 21 heavy (non-hydrogen) atoms. The van der Waals surface area contributed by atoms with Crippen LogP contribution in [0.15, 0.2) is 18.2 Å². The van der Waals surface area contributed by atoms with Crippen LogP contribution in [0.2, 0.25) is 0 Å². The Balaban J connectivity index is 2.24. The van der Waals surface area contributed by atoms with E-state index in [0.717, 1.165) is 25.2 Å². The van der Waals surface area contributed by atoms with Gasteiger partial charge < -0.3 is 10.3 Å². The molecule has 1 aliphatic rings. The van der Waals surface area contributed by atoms with E-state index in [9.17, 15) is 23.3 Å². The van der Waals surface area contributed by atoms with E-state index in [1.54, 1.807) is 5.01 Å². The van der Waals surface area contributed by atoms with Crippen molar-refractivity contribution in [1.82, 2.24) is 9.91 Å². The van der Waals surface area contributed by atoms with E-state index in [0.29, 0.717) is 19.2 Å². The number of hydrogen-bond donors (Lipinski definition) is 1. The molecule has 1 aromatic carbocycles. The molecule has 9 heteroatoms. The molecule has 1 N–H and O–H groups in total. The summed E-state index contributed by atoms with van der Waals surface area (Å²) in [6.07, 6.45) is -4.65. The smallest absolute Gasteiger partial charge is 0.318 e. The van der Waals surface area contributed by atoms with Gasteiger partial charge in [0.05, 0.1) is 16.2 Å². The van der Waals surface area contributed by atoms with Gasteiger partial charge in [0.15, 0.2) is 0 Å². The molecule has 0 spiro atoms. The predicted molar refractivity (Wildman–Crippen MR) is 70.8 cm³/mol. The number of hydrazine groups is 1. The van der Waals surface area contributed by atoms with Crippen LogP contribution in [0.1, 0.15) is 5.56 Å². The van der Waals surface area contributed by atoms with Gasteiger partial charge in [-0.1, -0.05) is 0 Å². The maximum atomic E-state index is 13.0. The molecule has 0 amide bonds. The van der Waals surface area contributed by atoms with Crippen molar-refractivity contribution >= 4 is 11.4 Å². The molecule has 1 aromatic rings. The summed E-state index contributed by atoms with van der Waals surface area (Å²) in [6, 6.07) is 2.71. The summed E-state index contributed by atoms with van der Waals surface area (Å²) >= 11 is 0. The second-order valence-corrected chi connectivity index (χ2v) is 4.89. The van der Waals surface area contributed by atoms with E-state index in [4.69, 9.17) is 0 Å². The highest BCUT2D eigenvalue weighted by atomic mass is 19.4. The van der Waals surface area contributed by atoms with E-state index < -0.39 is 22.4 Å². The number of nitrogens with zero attached hydrogens (tertiary/aromatic N) is 3. The molecule has 2 rings (SSSR count). The first-order valence-corrected chi connectivity index (χ1v) is 6.33. The van der Waals surface area contributed by atoms with Crippen molar-refractivity contribution in [3.05, 3.63) is 33.9 Å². The van der Waals surface area contributed by atoms with E-state index in [2.05, 4.69) is 10.3 Å². The zero-order valence-electron chi connectivity index (χ0n) is 11.4. The highest BCUT2D eigenvalue weighted by Gasteiger charge is 2.35. The molecule has 1 saturated heterocycles. The Labute approximate surface area is 119 Å². The van der Waals surface area contributed by atoms with Crippen LogP contribution >= 0.6 is 0 Å². The second kappa shape index (κ2) is 5.86. The Kier molecular flexibility index (Phi) is 4.33. The minimum atomic E-state index is -4.65. The average molecular weight is 304 g/mol. The number of hydrogen-bond acceptors (Lipinski definition) is 5. The molecule has 1 fully saturated rings. The highest BCUT2D eigenvalue weighted by molar-refractivity contribution is 5.56. The van der Waals surface area contributed by atoms with Crippen molar-refractivity contribution in [2.75, 3.05) is 38.7 Å². The number of piperazine rings is 1. The van der Waals surface area contributed by atoms with Crippen LogP contribution in [0.3, 0.4) is 0 Å². The number of rotatable bonds is 3. The predicted octanol–water partition coefficient (Wildman–Crippen LogP) is 2.19. The van der Waals surface area contributed by atoms with Gasteiger partial charge in [0.1, 0.15) is 0 Å². The van der Waals surface area contributed by atoms with Crippen LogP contribution in [0.5, 0.6) is 0 Å². The van der Waals surface area contributed by atoms with Crippen LogP contribution < -0.4 is 5.43 Å². The zero-order valence-corrected chi connectivity index (χ0v) is 11.4. The number of alkyl halides is 3. The van der Waals surface area contributed by atoms with Crippen LogP contribution in [-0.4, -0.2) is 48.1 Å². The third-order valence-corrected chi connectivity index (χ3v) is 3.30. The van der Waals surface area contributed by atoms with Crippen molar-refractivity contribution in [2.45, 2.75) is 6.18 Å². The van der Waals surface area contributed by atoms with Gasteiger partial charge in [-0.15, -0.1) is 0 Å². The lowest BCUT2D eigenvalue weighted by Gasteiger charge is -2.33. The van der Waals surface area contributed by atoms with Crippen LogP contribution in [0.25, 0.3) is 0 Å². The van der Waals surface area contributed by atoms with Crippen molar-refractivity contribution in [3.8, 4) is 0 Å². The summed E-state index contributed by atoms with van der Waals surface area (Å²) in [5.74, 6) is 0. The van der Waals surface area contributed by atoms with Crippen LogP contribution in [0, 0.1) is 10.1 Å². The Morgan fingerprint density at radius 1 is 1.24 bits per heavy atom. The fourth-order valence-corrected chi connectivity index (χ4v) is 2.07. The SMILES string of the molecule is CN1CCN(Nc2ccc([N+](=O)[O-])cc2C(F)(F)F)CC1. The number of nitro benzene ring substituents is 1. The maximum absolute atomic E-state index is 13.0. The molecule has 1 aliphatic heterocycles. The van der Waals surface area contributed by atoms with Crippen molar-refractivity contribution < 1.29 is 18.1 Å². The summed E-state index contributed by atoms with van der Waals surface area (Å²) < 4.78 is 39.1. The monoisotopic (exact) mass is 304 g/mol. The van der Waals surface area contributed by atoms with Gasteiger partial charge in [0.2, 0.25) is 0 Å². The van der Waals surface area contributed by atoms with Crippen LogP contribution in [-0.2, 0) is 6.18 Å². The number of benzene rings is 1. The van der Waals surface area contributed by atoms with E-state index in [-0.39, 0.29) is 5.69 Å². The van der Waals surface area contributed by atoms with E-state index in [1.807, 2.05) is 7.05 Å². The Morgan fingerprint density at radius 2 is 1.86 bits per heavy atom. The lowest BCUT2D eigenvalue weighted by molar-refractivity contribution is -0.385. The molecule has 116 valence electrons. The number of halogens is 3. The quantitative estimate of drug-likeness (QED) is 0.685. The number of likely N-dealkylation sites (N-methyl/N-ethyl adjacent to an activating group) is 1. The minimum absolute atomic E-state index is 0.169. The summed E-state index contributed by atoms with van der Waals surface area (Å²) in [7, 11) is 1.93. The minimum Gasteiger partial charge on any atom is -0.318 e. The molecule has 0 atom stereocenters. The number of non-ortho nitro benzene ring substituents is 1. The maximum Gasteiger partial charge on any atom is 0.418 e. The zero-order chi connectivity index (χ0) is 15.6. The molecular formula is C12H15F3N4O2. The van der Waals surface area contributed by atoms with Gasteiger partial charge in [-0.25, -0.2) is 5.01 Å². The second-order valence-electron chi connectivity index (χ2n) is 4.89. The third kappa shape index (κ3) is 3.82. The van der Waals surface area contributed by atoms with Gasteiger partial charge in [0.25, 0.3) is 5.69 Å². The molecule has 0 unspecified atom stereocenters. The molecule has 0 aliphatic carbocycles. The first kappa shape index (κ1) is 15.5. The van der Waals surface area contributed by atoms with Gasteiger partial charge in [-0.2, -0.15) is 13.2 Å². The van der Waals surface area contributed by atoms with E-state index in [1.165, 1.54) is 0 Å². The fourth-order valence-electron chi connectivity index (χ4n) is 2.07. The van der Waals surface area contributed by atoms with Gasteiger partial charge in [-0.3, -0.25) is 10.1 Å². The normalized spacial score (nSPS) is 17.7. The molecule has 0 bridgehead atoms.